The molecule has 3 aromatic carbocycles. The Morgan fingerprint density at radius 2 is 1.82 bits per heavy atom. The highest BCUT2D eigenvalue weighted by Gasteiger charge is 2.28. The summed E-state index contributed by atoms with van der Waals surface area (Å²) < 4.78 is 1.74. The van der Waals surface area contributed by atoms with Crippen molar-refractivity contribution in [3.63, 3.8) is 0 Å². The predicted molar refractivity (Wildman–Crippen MR) is 170 cm³/mol. The second kappa shape index (κ2) is 13.0. The number of carbonyl (C=O) groups is 2. The number of amides is 1. The Kier molecular flexibility index (Phi) is 8.70. The SMILES string of the molecule is O=CCc1cccc(Cn2nccc2Nc2nccc(-c3ccc4c(c3)C(O)CCN4C(=O)Cc3ccccc3Cl)n2)c1Cl. The number of benzene rings is 3. The highest BCUT2D eigenvalue weighted by Crippen LogP contribution is 2.37. The molecular weight excluding hydrogens is 599 g/mol. The predicted octanol–water partition coefficient (Wildman–Crippen LogP) is 6.19. The average Bonchev–Trinajstić information content (AvgIpc) is 3.46. The molecule has 6 rings (SSSR count). The largest absolute Gasteiger partial charge is 0.388 e. The number of aromatic nitrogens is 4. The molecule has 9 nitrogen and oxygen atoms in total. The van der Waals surface area contributed by atoms with Crippen LogP contribution in [0.3, 0.4) is 0 Å². The Balaban J connectivity index is 1.22. The third kappa shape index (κ3) is 6.21. The van der Waals surface area contributed by atoms with Crippen LogP contribution in [0.25, 0.3) is 11.3 Å². The highest BCUT2D eigenvalue weighted by atomic mass is 35.5. The van der Waals surface area contributed by atoms with E-state index in [1.165, 1.54) is 0 Å². The summed E-state index contributed by atoms with van der Waals surface area (Å²) in [4.78, 5) is 35.1. The molecular formula is C33H28Cl2N6O3. The van der Waals surface area contributed by atoms with Crippen LogP contribution in [0, 0.1) is 0 Å². The Morgan fingerprint density at radius 3 is 2.66 bits per heavy atom. The normalized spacial score (nSPS) is 14.2. The molecule has 1 aliphatic heterocycles. The number of hydrogen-bond acceptors (Lipinski definition) is 7. The van der Waals surface area contributed by atoms with E-state index in [2.05, 4.69) is 15.4 Å². The van der Waals surface area contributed by atoms with Gasteiger partial charge in [0.1, 0.15) is 12.1 Å². The molecule has 5 aromatic rings. The van der Waals surface area contributed by atoms with E-state index in [-0.39, 0.29) is 18.7 Å². The van der Waals surface area contributed by atoms with Gasteiger partial charge in [0.2, 0.25) is 11.9 Å². The first-order valence-corrected chi connectivity index (χ1v) is 14.8. The summed E-state index contributed by atoms with van der Waals surface area (Å²) in [5, 5.41) is 19.6. The van der Waals surface area contributed by atoms with E-state index in [0.717, 1.165) is 28.5 Å². The second-order valence-corrected chi connectivity index (χ2v) is 11.2. The van der Waals surface area contributed by atoms with Crippen LogP contribution in [-0.2, 0) is 29.0 Å². The van der Waals surface area contributed by atoms with Gasteiger partial charge in [-0.25, -0.2) is 14.6 Å². The van der Waals surface area contributed by atoms with Crippen molar-refractivity contribution in [1.82, 2.24) is 19.7 Å². The molecule has 0 spiro atoms. The van der Waals surface area contributed by atoms with Crippen molar-refractivity contribution in [3.8, 4) is 11.3 Å². The number of aliphatic hydroxyl groups excluding tert-OH is 1. The van der Waals surface area contributed by atoms with E-state index < -0.39 is 6.10 Å². The van der Waals surface area contributed by atoms with Gasteiger partial charge in [-0.15, -0.1) is 0 Å². The summed E-state index contributed by atoms with van der Waals surface area (Å²) in [5.74, 6) is 0.938. The van der Waals surface area contributed by atoms with Crippen molar-refractivity contribution in [1.29, 1.82) is 0 Å². The Hall–Kier alpha value is -4.57. The molecule has 0 saturated heterocycles. The number of carbonyl (C=O) groups excluding carboxylic acids is 2. The fraction of sp³-hybridized carbons (Fsp3) is 0.182. The third-order valence-corrected chi connectivity index (χ3v) is 8.45. The maximum Gasteiger partial charge on any atom is 0.231 e. The summed E-state index contributed by atoms with van der Waals surface area (Å²) in [5.41, 5.74) is 5.13. The fourth-order valence-electron chi connectivity index (χ4n) is 5.34. The van der Waals surface area contributed by atoms with Crippen molar-refractivity contribution in [2.45, 2.75) is 31.9 Å². The molecule has 0 radical (unpaired) electrons. The molecule has 2 N–H and O–H groups in total. The van der Waals surface area contributed by atoms with Gasteiger partial charge in [-0.2, -0.15) is 5.10 Å². The van der Waals surface area contributed by atoms with Crippen molar-refractivity contribution in [3.05, 3.63) is 117 Å². The molecule has 222 valence electrons. The monoisotopic (exact) mass is 626 g/mol. The number of fused-ring (bicyclic) bond motifs is 1. The molecule has 1 aliphatic rings. The smallest absolute Gasteiger partial charge is 0.231 e. The third-order valence-electron chi connectivity index (χ3n) is 7.59. The molecule has 0 aliphatic carbocycles. The minimum absolute atomic E-state index is 0.0825. The molecule has 0 bridgehead atoms. The van der Waals surface area contributed by atoms with Gasteiger partial charge in [-0.05, 0) is 47.4 Å². The van der Waals surface area contributed by atoms with Gasteiger partial charge in [0, 0.05) is 52.1 Å². The fourth-order valence-corrected chi connectivity index (χ4v) is 5.80. The van der Waals surface area contributed by atoms with Gasteiger partial charge in [-0.3, -0.25) is 4.79 Å². The topological polar surface area (TPSA) is 113 Å². The van der Waals surface area contributed by atoms with Crippen LogP contribution in [0.1, 0.15) is 34.8 Å². The van der Waals surface area contributed by atoms with Gasteiger partial charge in [0.15, 0.2) is 0 Å². The maximum absolute atomic E-state index is 13.3. The van der Waals surface area contributed by atoms with E-state index >= 15 is 0 Å². The number of halogens is 2. The van der Waals surface area contributed by atoms with E-state index in [0.29, 0.717) is 58.3 Å². The number of nitrogens with zero attached hydrogens (tertiary/aromatic N) is 5. The number of nitrogens with one attached hydrogen (secondary N) is 1. The average molecular weight is 628 g/mol. The van der Waals surface area contributed by atoms with Crippen LogP contribution in [0.4, 0.5) is 17.5 Å². The second-order valence-electron chi connectivity index (χ2n) is 10.4. The summed E-state index contributed by atoms with van der Waals surface area (Å²) in [6, 6.07) is 22.1. The lowest BCUT2D eigenvalue weighted by atomic mass is 9.95. The lowest BCUT2D eigenvalue weighted by Crippen LogP contribution is -2.37. The number of rotatable bonds is 9. The number of hydrogen-bond donors (Lipinski definition) is 2. The van der Waals surface area contributed by atoms with Crippen molar-refractivity contribution >= 4 is 52.8 Å². The van der Waals surface area contributed by atoms with Crippen LogP contribution in [0.2, 0.25) is 10.0 Å². The van der Waals surface area contributed by atoms with Gasteiger partial charge in [0.05, 0.1) is 31.0 Å². The molecule has 1 amide bonds. The molecule has 0 saturated carbocycles. The highest BCUT2D eigenvalue weighted by molar-refractivity contribution is 6.32. The lowest BCUT2D eigenvalue weighted by Gasteiger charge is -2.32. The van der Waals surface area contributed by atoms with Crippen molar-refractivity contribution in [2.24, 2.45) is 0 Å². The van der Waals surface area contributed by atoms with Crippen molar-refractivity contribution in [2.75, 3.05) is 16.8 Å². The van der Waals surface area contributed by atoms with E-state index in [4.69, 9.17) is 28.2 Å². The van der Waals surface area contributed by atoms with E-state index in [1.807, 2.05) is 60.7 Å². The standard InChI is InChI=1S/C33H28Cl2N6O3/c34-26-7-2-1-4-22(26)19-31(44)40-16-12-29(43)25-18-23(8-9-28(25)40)27-10-14-36-33(38-27)39-30-11-15-37-41(30)20-24-6-3-5-21(13-17-42)32(24)35/h1-11,14-15,17-18,29,43H,12-13,16,19-20H2,(H,36,38,39). The zero-order chi connectivity index (χ0) is 30.6. The molecule has 0 fully saturated rings. The van der Waals surface area contributed by atoms with Crippen LogP contribution < -0.4 is 10.2 Å². The Labute approximate surface area is 264 Å². The molecule has 1 atom stereocenters. The number of anilines is 3. The van der Waals surface area contributed by atoms with E-state index in [1.54, 1.807) is 34.1 Å². The van der Waals surface area contributed by atoms with Crippen LogP contribution in [0.15, 0.2) is 85.2 Å². The van der Waals surface area contributed by atoms with Crippen molar-refractivity contribution < 1.29 is 14.7 Å². The molecule has 11 heteroatoms. The first-order chi connectivity index (χ1) is 21.4. The Morgan fingerprint density at radius 1 is 1.00 bits per heavy atom. The van der Waals surface area contributed by atoms with E-state index in [9.17, 15) is 14.7 Å². The zero-order valence-electron chi connectivity index (χ0n) is 23.5. The number of aldehydes is 1. The van der Waals surface area contributed by atoms with Crippen LogP contribution >= 0.6 is 23.2 Å². The van der Waals surface area contributed by atoms with Crippen LogP contribution in [-0.4, -0.2) is 43.6 Å². The first kappa shape index (κ1) is 29.5. The molecule has 1 unspecified atom stereocenters. The number of aliphatic hydroxyl groups is 1. The van der Waals surface area contributed by atoms with Gasteiger partial charge >= 0.3 is 0 Å². The summed E-state index contributed by atoms with van der Waals surface area (Å²) in [6.07, 6.45) is 4.28. The minimum Gasteiger partial charge on any atom is -0.388 e. The summed E-state index contributed by atoms with van der Waals surface area (Å²) >= 11 is 12.8. The van der Waals surface area contributed by atoms with Gasteiger partial charge in [-0.1, -0.05) is 65.7 Å². The molecule has 2 aromatic heterocycles. The maximum atomic E-state index is 13.3. The quantitative estimate of drug-likeness (QED) is 0.187. The first-order valence-electron chi connectivity index (χ1n) is 14.1. The van der Waals surface area contributed by atoms with Gasteiger partial charge < -0.3 is 20.1 Å². The zero-order valence-corrected chi connectivity index (χ0v) is 25.0. The molecule has 3 heterocycles. The lowest BCUT2D eigenvalue weighted by molar-refractivity contribution is -0.118. The molecule has 44 heavy (non-hydrogen) atoms. The summed E-state index contributed by atoms with van der Waals surface area (Å²) in [7, 11) is 0. The minimum atomic E-state index is -0.708. The Bertz CT molecular complexity index is 1840. The van der Waals surface area contributed by atoms with Gasteiger partial charge in [0.25, 0.3) is 0 Å². The van der Waals surface area contributed by atoms with Crippen LogP contribution in [0.5, 0.6) is 0 Å². The summed E-state index contributed by atoms with van der Waals surface area (Å²) in [6.45, 7) is 0.799.